The highest BCUT2D eigenvalue weighted by molar-refractivity contribution is 7.98. The van der Waals surface area contributed by atoms with Gasteiger partial charge in [0.05, 0.1) is 17.2 Å². The predicted molar refractivity (Wildman–Crippen MR) is 117 cm³/mol. The number of nitro groups is 1. The first-order valence-electron chi connectivity index (χ1n) is 9.68. The van der Waals surface area contributed by atoms with E-state index in [4.69, 9.17) is 4.42 Å². The summed E-state index contributed by atoms with van der Waals surface area (Å²) < 4.78 is 5.80. The molecule has 0 saturated carbocycles. The molecule has 0 bridgehead atoms. The number of nitrogens with zero attached hydrogens (tertiary/aromatic N) is 4. The number of nitrogens with one attached hydrogen (secondary N) is 2. The van der Waals surface area contributed by atoms with Crippen molar-refractivity contribution in [3.05, 3.63) is 45.9 Å². The number of aromatic nitrogens is 1. The molecule has 0 unspecified atom stereocenters. The summed E-state index contributed by atoms with van der Waals surface area (Å²) in [7, 11) is 4.01. The van der Waals surface area contributed by atoms with Crippen molar-refractivity contribution < 1.29 is 9.34 Å². The summed E-state index contributed by atoms with van der Waals surface area (Å²) in [5.74, 6) is 4.56. The standard InChI is InChI=1S/C19H28N6O3S/c1-23(2)13-15-3-4-16(28-15)14-29-12-9-21-19-17(25(26)27)5-6-18(22-19)24-10-7-20-8-11-24/h3-6,20H,7-14H2,1-2H3,(H,21,22). The van der Waals surface area contributed by atoms with Gasteiger partial charge in [0.25, 0.3) is 0 Å². The second-order valence-electron chi connectivity index (χ2n) is 7.12. The second-order valence-corrected chi connectivity index (χ2v) is 8.22. The van der Waals surface area contributed by atoms with Crippen LogP contribution in [0.4, 0.5) is 17.3 Å². The Bertz CT molecular complexity index is 807. The van der Waals surface area contributed by atoms with Crippen LogP contribution in [0.2, 0.25) is 0 Å². The Morgan fingerprint density at radius 1 is 1.28 bits per heavy atom. The van der Waals surface area contributed by atoms with Gasteiger partial charge in [-0.05, 0) is 32.3 Å². The van der Waals surface area contributed by atoms with Crippen molar-refractivity contribution >= 4 is 29.1 Å². The Hall–Kier alpha value is -2.30. The first kappa shape index (κ1) is 21.4. The summed E-state index contributed by atoms with van der Waals surface area (Å²) in [6.45, 7) is 4.85. The Balaban J connectivity index is 1.51. The zero-order chi connectivity index (χ0) is 20.6. The van der Waals surface area contributed by atoms with Crippen LogP contribution in [0.3, 0.4) is 0 Å². The normalized spacial score (nSPS) is 14.4. The second kappa shape index (κ2) is 10.5. The van der Waals surface area contributed by atoms with E-state index in [2.05, 4.69) is 25.4 Å². The molecule has 1 aliphatic heterocycles. The lowest BCUT2D eigenvalue weighted by molar-refractivity contribution is -0.384. The number of hydrogen-bond donors (Lipinski definition) is 2. The van der Waals surface area contributed by atoms with Crippen LogP contribution in [0, 0.1) is 10.1 Å². The van der Waals surface area contributed by atoms with Crippen LogP contribution in [0.15, 0.2) is 28.7 Å². The van der Waals surface area contributed by atoms with Crippen LogP contribution in [0.1, 0.15) is 11.5 Å². The summed E-state index contributed by atoms with van der Waals surface area (Å²) >= 11 is 1.72. The van der Waals surface area contributed by atoms with Gasteiger partial charge in [0.2, 0.25) is 5.82 Å². The van der Waals surface area contributed by atoms with E-state index in [1.54, 1.807) is 17.8 Å². The maximum atomic E-state index is 11.3. The molecule has 0 aromatic carbocycles. The summed E-state index contributed by atoms with van der Waals surface area (Å²) in [5, 5.41) is 17.8. The zero-order valence-electron chi connectivity index (χ0n) is 16.9. The number of hydrogen-bond acceptors (Lipinski definition) is 9. The molecule has 9 nitrogen and oxygen atoms in total. The maximum Gasteiger partial charge on any atom is 0.311 e. The first-order valence-corrected chi connectivity index (χ1v) is 10.8. The fraction of sp³-hybridized carbons (Fsp3) is 0.526. The fourth-order valence-electron chi connectivity index (χ4n) is 3.10. The number of piperazine rings is 1. The number of pyridine rings is 1. The van der Waals surface area contributed by atoms with Gasteiger partial charge in [-0.2, -0.15) is 11.8 Å². The number of anilines is 2. The number of furan rings is 1. The number of rotatable bonds is 10. The van der Waals surface area contributed by atoms with Crippen molar-refractivity contribution in [2.75, 3.05) is 62.8 Å². The van der Waals surface area contributed by atoms with Crippen LogP contribution in [-0.4, -0.2) is 67.4 Å². The van der Waals surface area contributed by atoms with E-state index in [9.17, 15) is 10.1 Å². The van der Waals surface area contributed by atoms with Crippen molar-refractivity contribution in [1.82, 2.24) is 15.2 Å². The maximum absolute atomic E-state index is 11.3. The van der Waals surface area contributed by atoms with Crippen LogP contribution < -0.4 is 15.5 Å². The van der Waals surface area contributed by atoms with Gasteiger partial charge < -0.3 is 24.9 Å². The minimum Gasteiger partial charge on any atom is -0.464 e. The molecule has 1 aliphatic rings. The lowest BCUT2D eigenvalue weighted by atomic mass is 10.3. The van der Waals surface area contributed by atoms with Crippen LogP contribution in [0.25, 0.3) is 0 Å². The molecular weight excluding hydrogens is 392 g/mol. The molecule has 0 atom stereocenters. The summed E-state index contributed by atoms with van der Waals surface area (Å²) in [6.07, 6.45) is 0. The van der Waals surface area contributed by atoms with Gasteiger partial charge in [-0.25, -0.2) is 4.98 Å². The minimum absolute atomic E-state index is 0.00764. The summed E-state index contributed by atoms with van der Waals surface area (Å²) in [6, 6.07) is 7.27. The molecule has 29 heavy (non-hydrogen) atoms. The molecule has 0 radical (unpaired) electrons. The van der Waals surface area contributed by atoms with E-state index in [1.165, 1.54) is 6.07 Å². The topological polar surface area (TPSA) is 99.7 Å². The Morgan fingerprint density at radius 3 is 2.76 bits per heavy atom. The third-order valence-electron chi connectivity index (χ3n) is 4.47. The molecule has 1 saturated heterocycles. The average molecular weight is 421 g/mol. The highest BCUT2D eigenvalue weighted by atomic mass is 32.2. The van der Waals surface area contributed by atoms with E-state index in [-0.39, 0.29) is 10.6 Å². The highest BCUT2D eigenvalue weighted by Gasteiger charge is 2.19. The van der Waals surface area contributed by atoms with E-state index < -0.39 is 0 Å². The molecule has 0 aliphatic carbocycles. The van der Waals surface area contributed by atoms with E-state index >= 15 is 0 Å². The van der Waals surface area contributed by atoms with Crippen LogP contribution in [0.5, 0.6) is 0 Å². The van der Waals surface area contributed by atoms with Crippen molar-refractivity contribution in [1.29, 1.82) is 0 Å². The van der Waals surface area contributed by atoms with Crippen molar-refractivity contribution in [2.45, 2.75) is 12.3 Å². The Labute approximate surface area is 175 Å². The molecule has 0 spiro atoms. The van der Waals surface area contributed by atoms with Gasteiger partial charge in [-0.1, -0.05) is 0 Å². The van der Waals surface area contributed by atoms with Crippen molar-refractivity contribution in [3.8, 4) is 0 Å². The molecule has 158 valence electrons. The molecule has 0 amide bonds. The third kappa shape index (κ3) is 6.34. The molecule has 2 aromatic heterocycles. The monoisotopic (exact) mass is 420 g/mol. The van der Waals surface area contributed by atoms with Gasteiger partial charge in [0, 0.05) is 44.5 Å². The SMILES string of the molecule is CN(C)Cc1ccc(CSCCNc2nc(N3CCNCC3)ccc2[N+](=O)[O-])o1. The van der Waals surface area contributed by atoms with E-state index in [0.29, 0.717) is 12.4 Å². The summed E-state index contributed by atoms with van der Waals surface area (Å²) in [5.41, 5.74) is 0.00764. The van der Waals surface area contributed by atoms with Crippen LogP contribution in [-0.2, 0) is 12.3 Å². The Kier molecular flexibility index (Phi) is 7.73. The molecule has 3 rings (SSSR count). The van der Waals surface area contributed by atoms with E-state index in [0.717, 1.165) is 61.6 Å². The van der Waals surface area contributed by atoms with Gasteiger partial charge in [-0.15, -0.1) is 0 Å². The van der Waals surface area contributed by atoms with E-state index in [1.807, 2.05) is 26.2 Å². The lowest BCUT2D eigenvalue weighted by Crippen LogP contribution is -2.43. The minimum atomic E-state index is -0.390. The quantitative estimate of drug-likeness (QED) is 0.341. The van der Waals surface area contributed by atoms with Crippen LogP contribution >= 0.6 is 11.8 Å². The lowest BCUT2D eigenvalue weighted by Gasteiger charge is -2.28. The smallest absolute Gasteiger partial charge is 0.311 e. The van der Waals surface area contributed by atoms with Gasteiger partial charge in [0.1, 0.15) is 17.3 Å². The number of thioether (sulfide) groups is 1. The molecule has 1 fully saturated rings. The molecule has 3 heterocycles. The van der Waals surface area contributed by atoms with Gasteiger partial charge in [-0.3, -0.25) is 10.1 Å². The Morgan fingerprint density at radius 2 is 2.03 bits per heavy atom. The van der Waals surface area contributed by atoms with Gasteiger partial charge >= 0.3 is 5.69 Å². The largest absolute Gasteiger partial charge is 0.464 e. The molecule has 10 heteroatoms. The first-order chi connectivity index (χ1) is 14.0. The zero-order valence-corrected chi connectivity index (χ0v) is 17.7. The highest BCUT2D eigenvalue weighted by Crippen LogP contribution is 2.26. The average Bonchev–Trinajstić information content (AvgIpc) is 3.14. The third-order valence-corrected chi connectivity index (χ3v) is 5.45. The molecule has 2 aromatic rings. The van der Waals surface area contributed by atoms with Crippen molar-refractivity contribution in [2.24, 2.45) is 0 Å². The molecular formula is C19H28N6O3S. The summed E-state index contributed by atoms with van der Waals surface area (Å²) in [4.78, 5) is 19.7. The fourth-order valence-corrected chi connectivity index (χ4v) is 3.85. The molecule has 2 N–H and O–H groups in total. The van der Waals surface area contributed by atoms with Crippen molar-refractivity contribution in [3.63, 3.8) is 0 Å². The van der Waals surface area contributed by atoms with Gasteiger partial charge in [0.15, 0.2) is 0 Å². The predicted octanol–water partition coefficient (Wildman–Crippen LogP) is 2.40.